The number of hydrogen-bond acceptors (Lipinski definition) is 7. The Morgan fingerprint density at radius 3 is 2.48 bits per heavy atom. The third kappa shape index (κ3) is 3.40. The SMILES string of the molecule is COc1ccc(-c2nnc3sc(C=Cc4ccc([N+](=O)[O-])cc4)nn23)cc1. The van der Waals surface area contributed by atoms with Gasteiger partial charge in [-0.25, -0.2) is 0 Å². The molecule has 2 aromatic heterocycles. The average Bonchev–Trinajstić information content (AvgIpc) is 3.27. The minimum Gasteiger partial charge on any atom is -0.497 e. The summed E-state index contributed by atoms with van der Waals surface area (Å²) >= 11 is 1.41. The van der Waals surface area contributed by atoms with E-state index in [9.17, 15) is 10.1 Å². The fourth-order valence-electron chi connectivity index (χ4n) is 2.49. The average molecular weight is 379 g/mol. The zero-order chi connectivity index (χ0) is 18.8. The summed E-state index contributed by atoms with van der Waals surface area (Å²) in [5, 5.41) is 24.4. The molecule has 27 heavy (non-hydrogen) atoms. The predicted molar refractivity (Wildman–Crippen MR) is 103 cm³/mol. The zero-order valence-corrected chi connectivity index (χ0v) is 15.0. The summed E-state index contributed by atoms with van der Waals surface area (Å²) in [5.74, 6) is 1.42. The standard InChI is InChI=1S/C18H13N5O3S/c1-26-15-9-5-13(6-10-15)17-19-20-18-22(17)21-16(27-18)11-4-12-2-7-14(8-3-12)23(24)25/h2-11H,1H3. The van der Waals surface area contributed by atoms with Crippen molar-refractivity contribution in [2.45, 2.75) is 0 Å². The fourth-order valence-corrected chi connectivity index (χ4v) is 3.23. The first-order valence-electron chi connectivity index (χ1n) is 7.93. The van der Waals surface area contributed by atoms with Crippen LogP contribution in [0.1, 0.15) is 10.6 Å². The van der Waals surface area contributed by atoms with Crippen LogP contribution in [0.3, 0.4) is 0 Å². The van der Waals surface area contributed by atoms with Crippen LogP contribution in [0.4, 0.5) is 5.69 Å². The van der Waals surface area contributed by atoms with Gasteiger partial charge in [-0.2, -0.15) is 9.61 Å². The number of benzene rings is 2. The van der Waals surface area contributed by atoms with Crippen molar-refractivity contribution in [1.82, 2.24) is 19.8 Å². The molecule has 0 unspecified atom stereocenters. The molecular weight excluding hydrogens is 366 g/mol. The minimum atomic E-state index is -0.420. The molecule has 0 aliphatic rings. The first kappa shape index (κ1) is 16.9. The van der Waals surface area contributed by atoms with Crippen LogP contribution < -0.4 is 4.74 Å². The van der Waals surface area contributed by atoms with Crippen molar-refractivity contribution in [3.8, 4) is 17.1 Å². The van der Waals surface area contributed by atoms with Crippen LogP contribution in [0.25, 0.3) is 28.5 Å². The largest absolute Gasteiger partial charge is 0.497 e. The van der Waals surface area contributed by atoms with Crippen LogP contribution in [0, 0.1) is 10.1 Å². The fraction of sp³-hybridized carbons (Fsp3) is 0.0556. The van der Waals surface area contributed by atoms with E-state index in [4.69, 9.17) is 4.74 Å². The summed E-state index contributed by atoms with van der Waals surface area (Å²) < 4.78 is 6.87. The Bertz CT molecular complexity index is 1130. The number of nitrogens with zero attached hydrogens (tertiary/aromatic N) is 5. The molecule has 0 N–H and O–H groups in total. The van der Waals surface area contributed by atoms with Crippen molar-refractivity contribution in [3.63, 3.8) is 0 Å². The van der Waals surface area contributed by atoms with Gasteiger partial charge in [0.2, 0.25) is 4.96 Å². The molecule has 0 saturated carbocycles. The highest BCUT2D eigenvalue weighted by molar-refractivity contribution is 7.17. The van der Waals surface area contributed by atoms with E-state index in [1.165, 1.54) is 23.5 Å². The molecule has 4 aromatic rings. The Balaban J connectivity index is 1.60. The first-order chi connectivity index (χ1) is 13.1. The van der Waals surface area contributed by atoms with Gasteiger partial charge in [-0.15, -0.1) is 10.2 Å². The van der Waals surface area contributed by atoms with Gasteiger partial charge in [-0.1, -0.05) is 17.4 Å². The van der Waals surface area contributed by atoms with Crippen LogP contribution in [-0.2, 0) is 0 Å². The summed E-state index contributed by atoms with van der Waals surface area (Å²) in [7, 11) is 1.62. The molecule has 2 heterocycles. The Hall–Kier alpha value is -3.59. The first-order valence-corrected chi connectivity index (χ1v) is 8.75. The molecule has 0 spiro atoms. The summed E-state index contributed by atoms with van der Waals surface area (Å²) in [6.45, 7) is 0. The zero-order valence-electron chi connectivity index (χ0n) is 14.1. The van der Waals surface area contributed by atoms with Gasteiger partial charge in [0.05, 0.1) is 12.0 Å². The van der Waals surface area contributed by atoms with Gasteiger partial charge in [-0.05, 0) is 48.0 Å². The highest BCUT2D eigenvalue weighted by atomic mass is 32.1. The van der Waals surface area contributed by atoms with E-state index in [2.05, 4.69) is 15.3 Å². The molecule has 8 nitrogen and oxygen atoms in total. The van der Waals surface area contributed by atoms with E-state index < -0.39 is 4.92 Å². The number of rotatable bonds is 5. The smallest absolute Gasteiger partial charge is 0.269 e. The highest BCUT2D eigenvalue weighted by Gasteiger charge is 2.12. The maximum Gasteiger partial charge on any atom is 0.269 e. The van der Waals surface area contributed by atoms with Crippen LogP contribution in [-0.4, -0.2) is 31.8 Å². The Labute approximate surface area is 157 Å². The third-order valence-electron chi connectivity index (χ3n) is 3.88. The van der Waals surface area contributed by atoms with Gasteiger partial charge in [-0.3, -0.25) is 10.1 Å². The van der Waals surface area contributed by atoms with Gasteiger partial charge in [0.1, 0.15) is 10.8 Å². The van der Waals surface area contributed by atoms with Crippen molar-refractivity contribution < 1.29 is 9.66 Å². The van der Waals surface area contributed by atoms with Crippen LogP contribution in [0.5, 0.6) is 5.75 Å². The van der Waals surface area contributed by atoms with Crippen molar-refractivity contribution in [2.75, 3.05) is 7.11 Å². The Morgan fingerprint density at radius 2 is 1.81 bits per heavy atom. The molecule has 9 heteroatoms. The quantitative estimate of drug-likeness (QED) is 0.385. The van der Waals surface area contributed by atoms with Gasteiger partial charge in [0.15, 0.2) is 5.82 Å². The number of non-ortho nitro benzene ring substituents is 1. The number of nitro groups is 1. The molecule has 0 aliphatic carbocycles. The maximum atomic E-state index is 10.7. The second kappa shape index (κ2) is 6.96. The lowest BCUT2D eigenvalue weighted by molar-refractivity contribution is -0.384. The van der Waals surface area contributed by atoms with E-state index >= 15 is 0 Å². The van der Waals surface area contributed by atoms with E-state index in [-0.39, 0.29) is 5.69 Å². The lowest BCUT2D eigenvalue weighted by atomic mass is 10.2. The number of ether oxygens (including phenoxy) is 1. The van der Waals surface area contributed by atoms with Crippen LogP contribution in [0.15, 0.2) is 48.5 Å². The lowest BCUT2D eigenvalue weighted by Gasteiger charge is -2.00. The normalized spacial score (nSPS) is 11.3. The molecule has 0 saturated heterocycles. The van der Waals surface area contributed by atoms with E-state index in [0.717, 1.165) is 21.9 Å². The molecule has 134 valence electrons. The monoisotopic (exact) mass is 379 g/mol. The number of hydrogen-bond donors (Lipinski definition) is 0. The van der Waals surface area contributed by atoms with Gasteiger partial charge < -0.3 is 4.74 Å². The molecule has 0 bridgehead atoms. The lowest BCUT2D eigenvalue weighted by Crippen LogP contribution is -1.91. The number of aromatic nitrogens is 4. The van der Waals surface area contributed by atoms with E-state index in [1.54, 1.807) is 23.8 Å². The summed E-state index contributed by atoms with van der Waals surface area (Å²) in [6.07, 6.45) is 3.70. The number of methoxy groups -OCH3 is 1. The second-order valence-corrected chi connectivity index (χ2v) is 6.56. The van der Waals surface area contributed by atoms with Gasteiger partial charge in [0.25, 0.3) is 5.69 Å². The van der Waals surface area contributed by atoms with Crippen molar-refractivity contribution >= 4 is 34.1 Å². The molecule has 0 atom stereocenters. The number of nitro benzene ring substituents is 1. The summed E-state index contributed by atoms with van der Waals surface area (Å²) in [4.78, 5) is 11.0. The van der Waals surface area contributed by atoms with E-state index in [1.807, 2.05) is 36.4 Å². The predicted octanol–water partition coefficient (Wildman–Crippen LogP) is 3.94. The van der Waals surface area contributed by atoms with Crippen molar-refractivity contribution in [2.24, 2.45) is 0 Å². The maximum absolute atomic E-state index is 10.7. The van der Waals surface area contributed by atoms with Gasteiger partial charge >= 0.3 is 0 Å². The second-order valence-electron chi connectivity index (χ2n) is 5.57. The summed E-state index contributed by atoms with van der Waals surface area (Å²) in [5.41, 5.74) is 1.80. The number of fused-ring (bicyclic) bond motifs is 1. The molecule has 0 fully saturated rings. The molecular formula is C18H13N5O3S. The molecule has 0 amide bonds. The highest BCUT2D eigenvalue weighted by Crippen LogP contribution is 2.24. The molecule has 2 aromatic carbocycles. The van der Waals surface area contributed by atoms with Crippen LogP contribution >= 0.6 is 11.3 Å². The van der Waals surface area contributed by atoms with Crippen molar-refractivity contribution in [3.05, 3.63) is 69.2 Å². The molecule has 4 rings (SSSR count). The third-order valence-corrected chi connectivity index (χ3v) is 4.74. The molecule has 0 aliphatic heterocycles. The van der Waals surface area contributed by atoms with Crippen molar-refractivity contribution in [1.29, 1.82) is 0 Å². The topological polar surface area (TPSA) is 95.5 Å². The van der Waals surface area contributed by atoms with E-state index in [0.29, 0.717) is 10.8 Å². The Kier molecular flexibility index (Phi) is 4.35. The van der Waals surface area contributed by atoms with Gasteiger partial charge in [0, 0.05) is 17.7 Å². The van der Waals surface area contributed by atoms with Crippen LogP contribution in [0.2, 0.25) is 0 Å². The summed E-state index contributed by atoms with van der Waals surface area (Å²) in [6, 6.07) is 13.9. The minimum absolute atomic E-state index is 0.0649. The Morgan fingerprint density at radius 1 is 1.07 bits per heavy atom. The molecule has 0 radical (unpaired) electrons.